The number of alkyl halides is 10. The van der Waals surface area contributed by atoms with Crippen molar-refractivity contribution in [3.8, 4) is 0 Å². The second-order valence-corrected chi connectivity index (χ2v) is 8.72. The first-order chi connectivity index (χ1) is 18.4. The summed E-state index contributed by atoms with van der Waals surface area (Å²) in [5, 5.41) is 7.11. The van der Waals surface area contributed by atoms with Crippen LogP contribution in [0.2, 0.25) is 0 Å². The number of nitrogens with zero attached hydrogens (tertiary/aromatic N) is 1. The van der Waals surface area contributed by atoms with Gasteiger partial charge in [-0.15, -0.1) is 0 Å². The van der Waals surface area contributed by atoms with Crippen LogP contribution in [0.4, 0.5) is 43.9 Å². The number of halogens is 10. The highest BCUT2D eigenvalue weighted by Crippen LogP contribution is 2.50. The van der Waals surface area contributed by atoms with Gasteiger partial charge in [0, 0.05) is 28.7 Å². The van der Waals surface area contributed by atoms with Crippen LogP contribution >= 0.6 is 0 Å². The minimum atomic E-state index is -5.28. The first-order valence-corrected chi connectivity index (χ1v) is 11.2. The first-order valence-electron chi connectivity index (χ1n) is 11.2. The molecular weight excluding hydrogens is 568 g/mol. The second-order valence-electron chi connectivity index (χ2n) is 8.72. The fourth-order valence-electron chi connectivity index (χ4n) is 3.84. The number of rotatable bonds is 8. The van der Waals surface area contributed by atoms with Gasteiger partial charge in [0.15, 0.2) is 0 Å². The third-order valence-corrected chi connectivity index (χ3v) is 5.83. The molecule has 0 aliphatic carbocycles. The first kappa shape index (κ1) is 30.7. The Hall–Kier alpha value is -3.85. The highest BCUT2D eigenvalue weighted by molar-refractivity contribution is 6.04. The van der Waals surface area contributed by atoms with Crippen LogP contribution in [0.1, 0.15) is 57.4 Å². The van der Waals surface area contributed by atoms with Crippen molar-refractivity contribution < 1.29 is 58.3 Å². The van der Waals surface area contributed by atoms with Crippen LogP contribution in [-0.2, 0) is 15.2 Å². The highest BCUT2D eigenvalue weighted by Gasteiger charge is 2.62. The van der Waals surface area contributed by atoms with Crippen LogP contribution in [0.3, 0.4) is 0 Å². The number of benzene rings is 2. The van der Waals surface area contributed by atoms with Gasteiger partial charge in [-0.3, -0.25) is 9.59 Å². The van der Waals surface area contributed by atoms with Gasteiger partial charge in [-0.2, -0.15) is 26.3 Å². The molecule has 0 saturated carbocycles. The van der Waals surface area contributed by atoms with Crippen molar-refractivity contribution in [2.75, 3.05) is 13.1 Å². The normalized spacial score (nSPS) is 17.6. The van der Waals surface area contributed by atoms with Crippen LogP contribution < -0.4 is 10.6 Å². The summed E-state index contributed by atoms with van der Waals surface area (Å²) < 4.78 is 132. The van der Waals surface area contributed by atoms with Crippen molar-refractivity contribution in [2.24, 2.45) is 5.16 Å². The number of aryl methyl sites for hydroxylation is 1. The van der Waals surface area contributed by atoms with Gasteiger partial charge in [-0.25, -0.2) is 17.6 Å². The lowest BCUT2D eigenvalue weighted by atomic mass is 9.84. The van der Waals surface area contributed by atoms with E-state index >= 15 is 0 Å². The molecule has 0 radical (unpaired) electrons. The molecule has 0 aromatic heterocycles. The fourth-order valence-corrected chi connectivity index (χ4v) is 3.84. The molecule has 0 spiro atoms. The number of amides is 2. The van der Waals surface area contributed by atoms with Crippen LogP contribution in [0.5, 0.6) is 0 Å². The second kappa shape index (κ2) is 11.3. The number of carbonyl (C=O) groups excluding carboxylic acids is 2. The molecular formula is C24H19F10N3O3. The van der Waals surface area contributed by atoms with Crippen LogP contribution in [0, 0.1) is 6.92 Å². The molecule has 2 aromatic carbocycles. The Morgan fingerprint density at radius 3 is 2.05 bits per heavy atom. The van der Waals surface area contributed by atoms with Crippen molar-refractivity contribution >= 4 is 17.5 Å². The zero-order valence-electron chi connectivity index (χ0n) is 20.2. The van der Waals surface area contributed by atoms with Crippen molar-refractivity contribution in [1.82, 2.24) is 10.6 Å². The van der Waals surface area contributed by atoms with Crippen LogP contribution in [-0.4, -0.2) is 43.0 Å². The summed E-state index contributed by atoms with van der Waals surface area (Å²) in [6.45, 7) is -1.02. The van der Waals surface area contributed by atoms with Gasteiger partial charge in [0.25, 0.3) is 24.4 Å². The van der Waals surface area contributed by atoms with Crippen LogP contribution in [0.25, 0.3) is 0 Å². The molecule has 218 valence electrons. The highest BCUT2D eigenvalue weighted by atomic mass is 19.4. The molecule has 40 heavy (non-hydrogen) atoms. The number of oxime groups is 1. The fraction of sp³-hybridized carbons (Fsp3) is 0.375. The van der Waals surface area contributed by atoms with Crippen molar-refractivity contribution in [3.05, 3.63) is 69.8 Å². The number of nitrogens with one attached hydrogen (secondary N) is 2. The lowest BCUT2D eigenvalue weighted by Crippen LogP contribution is -2.43. The molecule has 2 aromatic rings. The molecule has 1 aliphatic rings. The van der Waals surface area contributed by atoms with E-state index in [1.807, 2.05) is 0 Å². The Bertz CT molecular complexity index is 1280. The van der Waals surface area contributed by atoms with E-state index in [2.05, 4.69) is 10.5 Å². The summed E-state index contributed by atoms with van der Waals surface area (Å²) in [4.78, 5) is 28.6. The van der Waals surface area contributed by atoms with Crippen molar-refractivity contribution in [1.29, 1.82) is 0 Å². The maximum absolute atomic E-state index is 14.3. The summed E-state index contributed by atoms with van der Waals surface area (Å²) in [5.74, 6) is -1.99. The van der Waals surface area contributed by atoms with E-state index in [0.717, 1.165) is 6.07 Å². The minimum absolute atomic E-state index is 0.0159. The summed E-state index contributed by atoms with van der Waals surface area (Å²) >= 11 is 0. The number of hydrogen-bond donors (Lipinski definition) is 2. The average molecular weight is 587 g/mol. The Morgan fingerprint density at radius 1 is 0.950 bits per heavy atom. The number of hydrogen-bond acceptors (Lipinski definition) is 4. The largest absolute Gasteiger partial charge is 0.435 e. The Morgan fingerprint density at radius 2 is 1.55 bits per heavy atom. The van der Waals surface area contributed by atoms with E-state index in [9.17, 15) is 53.5 Å². The summed E-state index contributed by atoms with van der Waals surface area (Å²) in [7, 11) is 0. The predicted molar refractivity (Wildman–Crippen MR) is 119 cm³/mol. The number of carbonyl (C=O) groups is 2. The SMILES string of the molecule is Cc1cc(C2=NOC(c3cc(C(F)F)cc(C(F)F)c3)(C(F)(F)F)C2)ccc1C(=O)NCC(=O)NCC(F)(F)F. The van der Waals surface area contributed by atoms with E-state index < -0.39 is 78.8 Å². The zero-order chi connectivity index (χ0) is 30.0. The van der Waals surface area contributed by atoms with Gasteiger partial charge in [-0.1, -0.05) is 11.2 Å². The molecule has 1 atom stereocenters. The molecule has 1 unspecified atom stereocenters. The summed E-state index contributed by atoms with van der Waals surface area (Å²) in [6.07, 6.45) is -17.7. The van der Waals surface area contributed by atoms with Gasteiger partial charge in [0.2, 0.25) is 5.91 Å². The van der Waals surface area contributed by atoms with Gasteiger partial charge in [0.05, 0.1) is 12.3 Å². The van der Waals surface area contributed by atoms with Crippen molar-refractivity contribution in [3.63, 3.8) is 0 Å². The van der Waals surface area contributed by atoms with Gasteiger partial charge in [0.1, 0.15) is 6.54 Å². The standard InChI is InChI=1S/C24H19F10N3O3/c1-11-4-12(2-3-16(11)21(39)35-9-18(38)36-10-23(29,30)31)17-8-22(40-37-17,24(32,33)34)15-6-13(19(25)26)5-14(7-15)20(27)28/h2-7,19-20H,8-10H2,1H3,(H,35,39)(H,36,38). The van der Waals surface area contributed by atoms with E-state index in [1.165, 1.54) is 19.1 Å². The van der Waals surface area contributed by atoms with E-state index in [-0.39, 0.29) is 22.4 Å². The third kappa shape index (κ3) is 6.83. The Labute approximate surface area is 219 Å². The lowest BCUT2D eigenvalue weighted by molar-refractivity contribution is -0.276. The molecule has 3 rings (SSSR count). The van der Waals surface area contributed by atoms with Crippen molar-refractivity contribution in [2.45, 2.75) is 44.1 Å². The maximum atomic E-state index is 14.3. The molecule has 2 N–H and O–H groups in total. The summed E-state index contributed by atoms with van der Waals surface area (Å²) in [6, 6.07) is 4.79. The molecule has 2 amide bonds. The van der Waals surface area contributed by atoms with E-state index in [4.69, 9.17) is 4.84 Å². The lowest BCUT2D eigenvalue weighted by Gasteiger charge is -2.30. The molecule has 16 heteroatoms. The molecule has 1 aliphatic heterocycles. The summed E-state index contributed by atoms with van der Waals surface area (Å²) in [5.41, 5.74) is -6.70. The van der Waals surface area contributed by atoms with Gasteiger partial charge >= 0.3 is 12.4 Å². The quantitative estimate of drug-likeness (QED) is 0.380. The van der Waals surface area contributed by atoms with Gasteiger partial charge in [-0.05, 0) is 48.4 Å². The predicted octanol–water partition coefficient (Wildman–Crippen LogP) is 5.86. The molecule has 0 bridgehead atoms. The maximum Gasteiger partial charge on any atom is 0.435 e. The minimum Gasteiger partial charge on any atom is -0.374 e. The molecule has 6 nitrogen and oxygen atoms in total. The van der Waals surface area contributed by atoms with Gasteiger partial charge < -0.3 is 15.5 Å². The Balaban J connectivity index is 1.83. The molecule has 1 heterocycles. The van der Waals surface area contributed by atoms with E-state index in [1.54, 1.807) is 5.32 Å². The molecule has 0 fully saturated rings. The topological polar surface area (TPSA) is 79.8 Å². The Kier molecular flexibility index (Phi) is 8.69. The molecule has 0 saturated heterocycles. The van der Waals surface area contributed by atoms with E-state index in [0.29, 0.717) is 18.2 Å². The third-order valence-electron chi connectivity index (χ3n) is 5.83. The average Bonchev–Trinajstić information content (AvgIpc) is 3.32. The smallest absolute Gasteiger partial charge is 0.374 e. The zero-order valence-corrected chi connectivity index (χ0v) is 20.2. The van der Waals surface area contributed by atoms with Crippen LogP contribution in [0.15, 0.2) is 41.6 Å². The monoisotopic (exact) mass is 587 g/mol.